The Morgan fingerprint density at radius 3 is 2.73 bits per heavy atom. The number of hydrogen-bond donors (Lipinski definition) is 0. The third kappa shape index (κ3) is 6.13. The Bertz CT molecular complexity index is 317. The van der Waals surface area contributed by atoms with Crippen LogP contribution in [0.4, 0.5) is 0 Å². The van der Waals surface area contributed by atoms with Crippen molar-refractivity contribution in [1.82, 2.24) is 0 Å². The van der Waals surface area contributed by atoms with Crippen LogP contribution in [-0.2, 0) is 4.79 Å². The number of benzene rings is 1. The zero-order chi connectivity index (χ0) is 10.9. The minimum absolute atomic E-state index is 0.280. The Morgan fingerprint density at radius 2 is 2.07 bits per heavy atom. The molecule has 15 heavy (non-hydrogen) atoms. The van der Waals surface area contributed by atoms with Gasteiger partial charge in [0.25, 0.3) is 0 Å². The highest BCUT2D eigenvalue weighted by atomic mass is 32.2. The van der Waals surface area contributed by atoms with E-state index >= 15 is 0 Å². The van der Waals surface area contributed by atoms with Crippen molar-refractivity contribution in [2.75, 3.05) is 5.75 Å². The summed E-state index contributed by atoms with van der Waals surface area (Å²) >= 11 is 1.76. The summed E-state index contributed by atoms with van der Waals surface area (Å²) in [6.07, 6.45) is 3.77. The average Bonchev–Trinajstić information content (AvgIpc) is 2.24. The quantitative estimate of drug-likeness (QED) is 0.679. The average molecular weight is 220 g/mol. The molecule has 0 aliphatic heterocycles. The minimum atomic E-state index is 0.280. The number of hydrogen-bond acceptors (Lipinski definition) is 2. The predicted molar refractivity (Wildman–Crippen MR) is 67.8 cm³/mol. The van der Waals surface area contributed by atoms with Crippen molar-refractivity contribution in [2.45, 2.75) is 19.8 Å². The lowest BCUT2D eigenvalue weighted by molar-refractivity contribution is -0.117. The number of ketones is 1. The molecule has 0 fully saturated rings. The van der Waals surface area contributed by atoms with Crippen LogP contribution in [0, 0.1) is 0 Å². The van der Waals surface area contributed by atoms with Gasteiger partial charge in [-0.2, -0.15) is 0 Å². The minimum Gasteiger partial charge on any atom is -0.300 e. The third-order valence-electron chi connectivity index (χ3n) is 1.95. The molecule has 0 atom stereocenters. The van der Waals surface area contributed by atoms with Crippen LogP contribution in [0.15, 0.2) is 35.7 Å². The van der Waals surface area contributed by atoms with E-state index in [9.17, 15) is 4.79 Å². The molecule has 0 saturated carbocycles. The summed E-state index contributed by atoms with van der Waals surface area (Å²) in [6.45, 7) is 1.64. The van der Waals surface area contributed by atoms with Crippen LogP contribution < -0.4 is 0 Å². The highest BCUT2D eigenvalue weighted by molar-refractivity contribution is 8.02. The second-order valence-electron chi connectivity index (χ2n) is 3.39. The first kappa shape index (κ1) is 12.1. The summed E-state index contributed by atoms with van der Waals surface area (Å²) in [7, 11) is 0. The van der Waals surface area contributed by atoms with Crippen LogP contribution in [0.5, 0.6) is 0 Å². The van der Waals surface area contributed by atoms with Gasteiger partial charge in [0, 0.05) is 6.42 Å². The summed E-state index contributed by atoms with van der Waals surface area (Å²) in [4.78, 5) is 10.7. The first-order chi connectivity index (χ1) is 7.29. The highest BCUT2D eigenvalue weighted by Crippen LogP contribution is 2.10. The number of rotatable bonds is 6. The van der Waals surface area contributed by atoms with Gasteiger partial charge in [0.05, 0.1) is 0 Å². The van der Waals surface area contributed by atoms with Gasteiger partial charge in [-0.25, -0.2) is 0 Å². The molecular weight excluding hydrogens is 204 g/mol. The molecule has 0 spiro atoms. The van der Waals surface area contributed by atoms with Gasteiger partial charge in [-0.3, -0.25) is 0 Å². The normalized spacial score (nSPS) is 10.7. The molecule has 0 saturated heterocycles. The Labute approximate surface area is 95.6 Å². The fourth-order valence-electron chi connectivity index (χ4n) is 1.16. The molecule has 1 aromatic carbocycles. The van der Waals surface area contributed by atoms with E-state index in [0.29, 0.717) is 6.42 Å². The second kappa shape index (κ2) is 7.30. The first-order valence-electron chi connectivity index (χ1n) is 5.11. The maximum Gasteiger partial charge on any atom is 0.129 e. The topological polar surface area (TPSA) is 17.1 Å². The van der Waals surface area contributed by atoms with Crippen LogP contribution >= 0.6 is 11.8 Å². The lowest BCUT2D eigenvalue weighted by Crippen LogP contribution is -1.89. The maximum absolute atomic E-state index is 10.7. The van der Waals surface area contributed by atoms with Crippen LogP contribution in [0.3, 0.4) is 0 Å². The van der Waals surface area contributed by atoms with Gasteiger partial charge in [0.15, 0.2) is 0 Å². The third-order valence-corrected chi connectivity index (χ3v) is 2.80. The summed E-state index contributed by atoms with van der Waals surface area (Å²) in [5.41, 5.74) is 1.22. The van der Waals surface area contributed by atoms with E-state index in [4.69, 9.17) is 0 Å². The molecule has 0 aliphatic rings. The molecular formula is C13H16OS. The van der Waals surface area contributed by atoms with E-state index in [2.05, 4.69) is 23.6 Å². The van der Waals surface area contributed by atoms with Gasteiger partial charge in [0.2, 0.25) is 0 Å². The zero-order valence-electron chi connectivity index (χ0n) is 8.98. The molecule has 80 valence electrons. The lowest BCUT2D eigenvalue weighted by atomic mass is 10.2. The fraction of sp³-hybridized carbons (Fsp3) is 0.308. The molecule has 0 radical (unpaired) electrons. The van der Waals surface area contributed by atoms with E-state index in [1.807, 2.05) is 18.2 Å². The number of carbonyl (C=O) groups is 1. The highest BCUT2D eigenvalue weighted by Gasteiger charge is 1.91. The Hall–Kier alpha value is -1.02. The summed E-state index contributed by atoms with van der Waals surface area (Å²) in [5, 5.41) is 2.09. The molecule has 0 bridgehead atoms. The predicted octanol–water partition coefficient (Wildman–Crippen LogP) is 3.76. The SMILES string of the molecule is CC(=O)CCCS/C=C\c1ccccc1. The number of Topliss-reactive ketones (excluding diaryl/α,β-unsaturated/α-hetero) is 1. The fourth-order valence-corrected chi connectivity index (χ4v) is 1.86. The summed E-state index contributed by atoms with van der Waals surface area (Å²) in [5.74, 6) is 1.30. The van der Waals surface area contributed by atoms with E-state index < -0.39 is 0 Å². The van der Waals surface area contributed by atoms with E-state index in [0.717, 1.165) is 12.2 Å². The smallest absolute Gasteiger partial charge is 0.129 e. The van der Waals surface area contributed by atoms with Gasteiger partial charge >= 0.3 is 0 Å². The molecule has 1 aromatic rings. The molecule has 0 aromatic heterocycles. The van der Waals surface area contributed by atoms with Crippen molar-refractivity contribution in [3.63, 3.8) is 0 Å². The first-order valence-corrected chi connectivity index (χ1v) is 6.16. The number of thioether (sulfide) groups is 1. The van der Waals surface area contributed by atoms with E-state index in [1.165, 1.54) is 5.56 Å². The van der Waals surface area contributed by atoms with Crippen molar-refractivity contribution < 1.29 is 4.79 Å². The second-order valence-corrected chi connectivity index (χ2v) is 4.40. The van der Waals surface area contributed by atoms with E-state index in [-0.39, 0.29) is 5.78 Å². The van der Waals surface area contributed by atoms with Gasteiger partial charge in [-0.1, -0.05) is 30.3 Å². The van der Waals surface area contributed by atoms with Crippen molar-refractivity contribution in [3.8, 4) is 0 Å². The molecule has 0 amide bonds. The van der Waals surface area contributed by atoms with Crippen LogP contribution in [-0.4, -0.2) is 11.5 Å². The molecule has 1 rings (SSSR count). The molecule has 0 aliphatic carbocycles. The Morgan fingerprint density at radius 1 is 1.33 bits per heavy atom. The Balaban J connectivity index is 2.15. The molecule has 2 heteroatoms. The van der Waals surface area contributed by atoms with Crippen molar-refractivity contribution in [2.24, 2.45) is 0 Å². The largest absolute Gasteiger partial charge is 0.300 e. The molecule has 0 N–H and O–H groups in total. The van der Waals surface area contributed by atoms with Crippen molar-refractivity contribution >= 4 is 23.6 Å². The van der Waals surface area contributed by atoms with Crippen LogP contribution in [0.25, 0.3) is 6.08 Å². The standard InChI is InChI=1S/C13H16OS/c1-12(14)6-5-10-15-11-9-13-7-3-2-4-8-13/h2-4,7-9,11H,5-6,10H2,1H3/b11-9-. The van der Waals surface area contributed by atoms with Gasteiger partial charge in [-0.05, 0) is 36.1 Å². The maximum atomic E-state index is 10.7. The summed E-state index contributed by atoms with van der Waals surface area (Å²) < 4.78 is 0. The van der Waals surface area contributed by atoms with Gasteiger partial charge in [0.1, 0.15) is 5.78 Å². The van der Waals surface area contributed by atoms with Crippen LogP contribution in [0.2, 0.25) is 0 Å². The van der Waals surface area contributed by atoms with Gasteiger partial charge in [-0.15, -0.1) is 11.8 Å². The lowest BCUT2D eigenvalue weighted by Gasteiger charge is -1.94. The van der Waals surface area contributed by atoms with Crippen molar-refractivity contribution in [3.05, 3.63) is 41.3 Å². The van der Waals surface area contributed by atoms with E-state index in [1.54, 1.807) is 18.7 Å². The van der Waals surface area contributed by atoms with Crippen LogP contribution in [0.1, 0.15) is 25.3 Å². The molecule has 0 unspecified atom stereocenters. The zero-order valence-corrected chi connectivity index (χ0v) is 9.80. The summed E-state index contributed by atoms with van der Waals surface area (Å²) in [6, 6.07) is 10.2. The Kier molecular flexibility index (Phi) is 5.86. The molecule has 1 nitrogen and oxygen atoms in total. The molecule has 0 heterocycles. The number of carbonyl (C=O) groups excluding carboxylic acids is 1. The van der Waals surface area contributed by atoms with Gasteiger partial charge < -0.3 is 4.79 Å². The van der Waals surface area contributed by atoms with Crippen molar-refractivity contribution in [1.29, 1.82) is 0 Å². The monoisotopic (exact) mass is 220 g/mol.